The molecule has 7 nitrogen and oxygen atoms in total. The zero-order valence-corrected chi connectivity index (χ0v) is 17.4. The van der Waals surface area contributed by atoms with E-state index in [1.807, 2.05) is 30.3 Å². The Balaban J connectivity index is 1.37. The number of aromatic nitrogens is 1. The molecule has 3 rings (SSSR count). The molecular weight excluding hydrogens is 406 g/mol. The number of ether oxygens (including phenoxy) is 2. The van der Waals surface area contributed by atoms with E-state index in [-0.39, 0.29) is 12.2 Å². The van der Waals surface area contributed by atoms with Gasteiger partial charge in [0.1, 0.15) is 11.6 Å². The molecule has 0 spiro atoms. The zero-order valence-electron chi connectivity index (χ0n) is 16.7. The van der Waals surface area contributed by atoms with E-state index in [1.165, 1.54) is 6.08 Å². The summed E-state index contributed by atoms with van der Waals surface area (Å²) in [4.78, 5) is 21.4. The van der Waals surface area contributed by atoms with Gasteiger partial charge in [0.05, 0.1) is 11.6 Å². The van der Waals surface area contributed by atoms with Crippen LogP contribution in [-0.2, 0) is 14.4 Å². The van der Waals surface area contributed by atoms with Crippen molar-refractivity contribution < 1.29 is 19.1 Å². The number of amides is 1. The van der Waals surface area contributed by atoms with Gasteiger partial charge in [-0.3, -0.25) is 4.79 Å². The number of carbonyl (C=O) groups is 1. The maximum absolute atomic E-state index is 11.9. The molecule has 1 unspecified atom stereocenters. The fraction of sp³-hybridized carbons (Fsp3) is 0.364. The molecule has 1 saturated heterocycles. The van der Waals surface area contributed by atoms with Gasteiger partial charge in [-0.15, -0.1) is 0 Å². The molecule has 2 N–H and O–H groups in total. The molecule has 8 heteroatoms. The summed E-state index contributed by atoms with van der Waals surface area (Å²) in [6.07, 6.45) is 7.88. The molecule has 1 aliphatic heterocycles. The predicted molar refractivity (Wildman–Crippen MR) is 116 cm³/mol. The Hall–Kier alpha value is -2.61. The van der Waals surface area contributed by atoms with E-state index in [1.54, 1.807) is 18.3 Å². The van der Waals surface area contributed by atoms with E-state index in [0.717, 1.165) is 31.4 Å². The second kappa shape index (κ2) is 12.2. The largest absolute Gasteiger partial charge is 0.494 e. The molecule has 1 aromatic heterocycles. The Morgan fingerprint density at radius 1 is 1.30 bits per heavy atom. The number of halogens is 1. The fourth-order valence-corrected chi connectivity index (χ4v) is 3.04. The lowest BCUT2D eigenvalue weighted by molar-refractivity contribution is -0.198. The van der Waals surface area contributed by atoms with Crippen molar-refractivity contribution in [3.8, 4) is 5.75 Å². The van der Waals surface area contributed by atoms with Gasteiger partial charge in [0.25, 0.3) is 5.91 Å². The molecule has 1 atom stereocenters. The van der Waals surface area contributed by atoms with Crippen LogP contribution in [-0.4, -0.2) is 36.9 Å². The molecule has 0 saturated carbocycles. The molecule has 1 aromatic carbocycles. The van der Waals surface area contributed by atoms with Crippen molar-refractivity contribution in [3.63, 3.8) is 0 Å². The maximum Gasteiger partial charge on any atom is 0.267 e. The number of nitrogens with one attached hydrogen (secondary N) is 2. The third-order valence-corrected chi connectivity index (χ3v) is 4.63. The van der Waals surface area contributed by atoms with Gasteiger partial charge in [-0.1, -0.05) is 29.8 Å². The highest BCUT2D eigenvalue weighted by Gasteiger charge is 2.14. The van der Waals surface area contributed by atoms with Crippen LogP contribution in [0.1, 0.15) is 31.2 Å². The van der Waals surface area contributed by atoms with E-state index in [2.05, 4.69) is 15.8 Å². The number of nitrogens with zero attached hydrogens (tertiary/aromatic N) is 1. The number of rotatable bonds is 10. The Morgan fingerprint density at radius 3 is 2.93 bits per heavy atom. The van der Waals surface area contributed by atoms with Gasteiger partial charge in [-0.25, -0.2) is 15.3 Å². The van der Waals surface area contributed by atoms with Gasteiger partial charge < -0.3 is 14.8 Å². The smallest absolute Gasteiger partial charge is 0.267 e. The normalized spacial score (nSPS) is 16.4. The monoisotopic (exact) mass is 431 g/mol. The molecule has 160 valence electrons. The Morgan fingerprint density at radius 2 is 2.17 bits per heavy atom. The van der Waals surface area contributed by atoms with E-state index in [9.17, 15) is 4.79 Å². The number of hydroxylamine groups is 1. The summed E-state index contributed by atoms with van der Waals surface area (Å²) in [5, 5.41) is 3.67. The van der Waals surface area contributed by atoms with Crippen LogP contribution in [0.3, 0.4) is 0 Å². The minimum atomic E-state index is -0.379. The van der Waals surface area contributed by atoms with Crippen molar-refractivity contribution in [2.45, 2.75) is 32.0 Å². The Labute approximate surface area is 181 Å². The molecule has 2 aromatic rings. The van der Waals surface area contributed by atoms with E-state index >= 15 is 0 Å². The lowest BCUT2D eigenvalue weighted by Gasteiger charge is -2.21. The summed E-state index contributed by atoms with van der Waals surface area (Å²) in [5.74, 6) is 1.07. The molecule has 0 bridgehead atoms. The van der Waals surface area contributed by atoms with Gasteiger partial charge in [-0.2, -0.15) is 0 Å². The number of carbonyl (C=O) groups excluding carboxylic acids is 1. The molecule has 0 aliphatic carbocycles. The number of hydrogen-bond donors (Lipinski definition) is 2. The minimum Gasteiger partial charge on any atom is -0.494 e. The van der Waals surface area contributed by atoms with Crippen LogP contribution in [0.4, 0.5) is 5.82 Å². The zero-order chi connectivity index (χ0) is 21.0. The van der Waals surface area contributed by atoms with Gasteiger partial charge in [-0.05, 0) is 49.1 Å². The summed E-state index contributed by atoms with van der Waals surface area (Å²) in [5.41, 5.74) is 3.08. The van der Waals surface area contributed by atoms with Crippen LogP contribution in [0, 0.1) is 0 Å². The summed E-state index contributed by atoms with van der Waals surface area (Å²) < 4.78 is 11.0. The molecule has 1 amide bonds. The van der Waals surface area contributed by atoms with Crippen molar-refractivity contribution in [2.75, 3.05) is 25.1 Å². The highest BCUT2D eigenvalue weighted by Crippen LogP contribution is 2.21. The number of pyridine rings is 1. The molecule has 2 heterocycles. The fourth-order valence-electron chi connectivity index (χ4n) is 2.79. The quantitative estimate of drug-likeness (QED) is 0.333. The summed E-state index contributed by atoms with van der Waals surface area (Å²) in [7, 11) is 0. The molecule has 1 aliphatic rings. The standard InChI is InChI=1S/C22H26ClN3O4/c23-19-15-17(10-11-20(27)26-30-21-9-4-5-13-29-21)16-25-22(19)24-12-6-14-28-18-7-2-1-3-8-18/h1-3,7-8,10-11,15-16,21H,4-6,9,12-14H2,(H,24,25)(H,26,27). The highest BCUT2D eigenvalue weighted by atomic mass is 35.5. The second-order valence-electron chi connectivity index (χ2n) is 6.75. The van der Waals surface area contributed by atoms with Crippen molar-refractivity contribution in [3.05, 3.63) is 59.3 Å². The first kappa shape index (κ1) is 22.1. The average Bonchev–Trinajstić information content (AvgIpc) is 2.78. The summed E-state index contributed by atoms with van der Waals surface area (Å²) in [6, 6.07) is 11.4. The summed E-state index contributed by atoms with van der Waals surface area (Å²) >= 11 is 6.28. The SMILES string of the molecule is O=C(C=Cc1cnc(NCCCOc2ccccc2)c(Cl)c1)NOC1CCCCO1. The lowest BCUT2D eigenvalue weighted by atomic mass is 10.2. The van der Waals surface area contributed by atoms with Crippen molar-refractivity contribution in [2.24, 2.45) is 0 Å². The first-order valence-electron chi connectivity index (χ1n) is 10.0. The van der Waals surface area contributed by atoms with Crippen LogP contribution >= 0.6 is 11.6 Å². The van der Waals surface area contributed by atoms with Gasteiger partial charge in [0.2, 0.25) is 0 Å². The number of hydrogen-bond acceptors (Lipinski definition) is 6. The maximum atomic E-state index is 11.9. The van der Waals surface area contributed by atoms with Crippen LogP contribution in [0.5, 0.6) is 5.75 Å². The first-order chi connectivity index (χ1) is 14.7. The topological polar surface area (TPSA) is 81.7 Å². The highest BCUT2D eigenvalue weighted by molar-refractivity contribution is 6.33. The Kier molecular flexibility index (Phi) is 8.96. The second-order valence-corrected chi connectivity index (χ2v) is 7.16. The van der Waals surface area contributed by atoms with Crippen molar-refractivity contribution in [1.82, 2.24) is 10.5 Å². The van der Waals surface area contributed by atoms with Crippen molar-refractivity contribution >= 4 is 29.4 Å². The third-order valence-electron chi connectivity index (χ3n) is 4.34. The van der Waals surface area contributed by atoms with Crippen LogP contribution < -0.4 is 15.5 Å². The molecular formula is C22H26ClN3O4. The van der Waals surface area contributed by atoms with Gasteiger partial charge in [0.15, 0.2) is 6.29 Å². The Bertz CT molecular complexity index is 826. The van der Waals surface area contributed by atoms with E-state index in [4.69, 9.17) is 25.9 Å². The third kappa shape index (κ3) is 7.67. The summed E-state index contributed by atoms with van der Waals surface area (Å²) in [6.45, 7) is 1.93. The van der Waals surface area contributed by atoms with E-state index in [0.29, 0.717) is 36.2 Å². The van der Waals surface area contributed by atoms with E-state index < -0.39 is 0 Å². The molecule has 1 fully saturated rings. The average molecular weight is 432 g/mol. The van der Waals surface area contributed by atoms with Crippen molar-refractivity contribution in [1.29, 1.82) is 0 Å². The van der Waals surface area contributed by atoms with Gasteiger partial charge in [0, 0.05) is 31.8 Å². The number of para-hydroxylation sites is 1. The van der Waals surface area contributed by atoms with Crippen LogP contribution in [0.2, 0.25) is 5.02 Å². The van der Waals surface area contributed by atoms with Crippen LogP contribution in [0.25, 0.3) is 6.08 Å². The van der Waals surface area contributed by atoms with Gasteiger partial charge >= 0.3 is 0 Å². The van der Waals surface area contributed by atoms with Crippen LogP contribution in [0.15, 0.2) is 48.7 Å². The molecule has 30 heavy (non-hydrogen) atoms. The number of anilines is 1. The minimum absolute atomic E-state index is 0.374. The lowest BCUT2D eigenvalue weighted by Crippen LogP contribution is -2.32. The molecule has 0 radical (unpaired) electrons. The first-order valence-corrected chi connectivity index (χ1v) is 10.4. The number of benzene rings is 1. The predicted octanol–water partition coefficient (Wildman–Crippen LogP) is 4.20.